The summed E-state index contributed by atoms with van der Waals surface area (Å²) in [6.45, 7) is 1.79. The molecule has 3 rings (SSSR count). The number of para-hydroxylation sites is 1. The molecule has 0 bridgehead atoms. The zero-order valence-electron chi connectivity index (χ0n) is 13.0. The standard InChI is InChI=1S/C17H17ClN2O4/c1-17(22,11-6-7-14-15(8-11)24-10-23-14)9-19-16(21)20-13-5-3-2-4-12(13)18/h2-8,22H,9-10H2,1H3,(H2,19,20,21)/t17-/m0/s1. The number of halogens is 1. The lowest BCUT2D eigenvalue weighted by Gasteiger charge is -2.24. The molecule has 126 valence electrons. The summed E-state index contributed by atoms with van der Waals surface area (Å²) >= 11 is 5.99. The highest BCUT2D eigenvalue weighted by atomic mass is 35.5. The van der Waals surface area contributed by atoms with E-state index in [1.807, 2.05) is 0 Å². The summed E-state index contributed by atoms with van der Waals surface area (Å²) in [6, 6.07) is 11.6. The lowest BCUT2D eigenvalue weighted by molar-refractivity contribution is 0.0597. The van der Waals surface area contributed by atoms with Crippen molar-refractivity contribution in [1.29, 1.82) is 0 Å². The Kier molecular flexibility index (Phi) is 4.51. The van der Waals surface area contributed by atoms with E-state index in [1.54, 1.807) is 49.4 Å². The van der Waals surface area contributed by atoms with Gasteiger partial charge in [0.25, 0.3) is 0 Å². The van der Waals surface area contributed by atoms with Gasteiger partial charge in [-0.1, -0.05) is 29.8 Å². The number of nitrogens with one attached hydrogen (secondary N) is 2. The van der Waals surface area contributed by atoms with Crippen LogP contribution in [0.5, 0.6) is 11.5 Å². The van der Waals surface area contributed by atoms with Crippen LogP contribution in [0.25, 0.3) is 0 Å². The fourth-order valence-corrected chi connectivity index (χ4v) is 2.50. The number of anilines is 1. The molecule has 0 saturated carbocycles. The van der Waals surface area contributed by atoms with Crippen LogP contribution < -0.4 is 20.1 Å². The first-order valence-electron chi connectivity index (χ1n) is 7.37. The molecule has 24 heavy (non-hydrogen) atoms. The molecule has 0 unspecified atom stereocenters. The Labute approximate surface area is 144 Å². The predicted octanol–water partition coefficient (Wildman–Crippen LogP) is 3.10. The van der Waals surface area contributed by atoms with Crippen LogP contribution in [0, 0.1) is 0 Å². The van der Waals surface area contributed by atoms with Crippen LogP contribution in [0.15, 0.2) is 42.5 Å². The number of rotatable bonds is 4. The Morgan fingerprint density at radius 2 is 2.00 bits per heavy atom. The Balaban J connectivity index is 1.62. The molecule has 0 spiro atoms. The van der Waals surface area contributed by atoms with Crippen molar-refractivity contribution >= 4 is 23.3 Å². The summed E-state index contributed by atoms with van der Waals surface area (Å²) in [4.78, 5) is 12.0. The highest BCUT2D eigenvalue weighted by Crippen LogP contribution is 2.35. The van der Waals surface area contributed by atoms with Crippen molar-refractivity contribution < 1.29 is 19.4 Å². The average molecular weight is 349 g/mol. The molecular formula is C17H17ClN2O4. The van der Waals surface area contributed by atoms with Gasteiger partial charge in [-0.05, 0) is 36.8 Å². The van der Waals surface area contributed by atoms with E-state index in [2.05, 4.69) is 10.6 Å². The summed E-state index contributed by atoms with van der Waals surface area (Å²) in [5.74, 6) is 1.22. The number of ether oxygens (including phenoxy) is 2. The molecule has 1 aliphatic rings. The van der Waals surface area contributed by atoms with Crippen molar-refractivity contribution in [2.75, 3.05) is 18.7 Å². The SMILES string of the molecule is C[C@](O)(CNC(=O)Nc1ccccc1Cl)c1ccc2c(c1)OCO2. The average Bonchev–Trinajstić information content (AvgIpc) is 3.03. The van der Waals surface area contributed by atoms with Crippen LogP contribution >= 0.6 is 11.6 Å². The highest BCUT2D eigenvalue weighted by Gasteiger charge is 2.26. The molecule has 0 aliphatic carbocycles. The largest absolute Gasteiger partial charge is 0.454 e. The van der Waals surface area contributed by atoms with Gasteiger partial charge in [-0.3, -0.25) is 0 Å². The number of fused-ring (bicyclic) bond motifs is 1. The Hall–Kier alpha value is -2.44. The van der Waals surface area contributed by atoms with Crippen LogP contribution in [0.1, 0.15) is 12.5 Å². The van der Waals surface area contributed by atoms with Crippen molar-refractivity contribution in [2.45, 2.75) is 12.5 Å². The summed E-state index contributed by atoms with van der Waals surface area (Å²) in [6.07, 6.45) is 0. The first-order chi connectivity index (χ1) is 11.5. The molecule has 0 aromatic heterocycles. The van der Waals surface area contributed by atoms with Crippen LogP contribution in [0.4, 0.5) is 10.5 Å². The van der Waals surface area contributed by atoms with Gasteiger partial charge in [0, 0.05) is 0 Å². The van der Waals surface area contributed by atoms with Crippen molar-refractivity contribution in [3.63, 3.8) is 0 Å². The second-order valence-corrected chi connectivity index (χ2v) is 6.04. The zero-order valence-corrected chi connectivity index (χ0v) is 13.8. The van der Waals surface area contributed by atoms with E-state index in [0.717, 1.165) is 0 Å². The second-order valence-electron chi connectivity index (χ2n) is 5.63. The molecule has 0 saturated heterocycles. The number of carbonyl (C=O) groups excluding carboxylic acids is 1. The number of aliphatic hydroxyl groups is 1. The van der Waals surface area contributed by atoms with E-state index < -0.39 is 11.6 Å². The Bertz CT molecular complexity index is 764. The smallest absolute Gasteiger partial charge is 0.319 e. The Morgan fingerprint density at radius 3 is 2.79 bits per heavy atom. The summed E-state index contributed by atoms with van der Waals surface area (Å²) in [5, 5.41) is 16.3. The molecule has 2 aromatic rings. The maximum absolute atomic E-state index is 12.0. The van der Waals surface area contributed by atoms with Crippen molar-refractivity contribution in [3.05, 3.63) is 53.1 Å². The van der Waals surface area contributed by atoms with Gasteiger partial charge in [-0.2, -0.15) is 0 Å². The van der Waals surface area contributed by atoms with Gasteiger partial charge < -0.3 is 25.2 Å². The van der Waals surface area contributed by atoms with Crippen LogP contribution in [0.2, 0.25) is 5.02 Å². The van der Waals surface area contributed by atoms with Crippen LogP contribution in [0.3, 0.4) is 0 Å². The number of benzene rings is 2. The summed E-state index contributed by atoms with van der Waals surface area (Å²) in [7, 11) is 0. The fourth-order valence-electron chi connectivity index (χ4n) is 2.32. The lowest BCUT2D eigenvalue weighted by Crippen LogP contribution is -2.40. The third-order valence-electron chi connectivity index (χ3n) is 3.71. The van der Waals surface area contributed by atoms with E-state index in [-0.39, 0.29) is 13.3 Å². The van der Waals surface area contributed by atoms with Gasteiger partial charge in [0.1, 0.15) is 5.60 Å². The molecule has 7 heteroatoms. The zero-order chi connectivity index (χ0) is 17.2. The molecule has 2 amide bonds. The van der Waals surface area contributed by atoms with Gasteiger partial charge in [0.15, 0.2) is 11.5 Å². The van der Waals surface area contributed by atoms with Gasteiger partial charge in [-0.15, -0.1) is 0 Å². The van der Waals surface area contributed by atoms with Crippen LogP contribution in [-0.2, 0) is 5.60 Å². The van der Waals surface area contributed by atoms with Crippen molar-refractivity contribution in [1.82, 2.24) is 5.32 Å². The van der Waals surface area contributed by atoms with E-state index in [4.69, 9.17) is 21.1 Å². The van der Waals surface area contributed by atoms with Crippen LogP contribution in [-0.4, -0.2) is 24.5 Å². The number of hydrogen-bond acceptors (Lipinski definition) is 4. The van der Waals surface area contributed by atoms with Crippen molar-refractivity contribution in [3.8, 4) is 11.5 Å². The maximum atomic E-state index is 12.0. The minimum Gasteiger partial charge on any atom is -0.454 e. The van der Waals surface area contributed by atoms with E-state index in [1.165, 1.54) is 0 Å². The first kappa shape index (κ1) is 16.4. The number of hydrogen-bond donors (Lipinski definition) is 3. The summed E-state index contributed by atoms with van der Waals surface area (Å²) in [5.41, 5.74) is -0.150. The van der Waals surface area contributed by atoms with Gasteiger partial charge in [0.05, 0.1) is 17.3 Å². The van der Waals surface area contributed by atoms with Gasteiger partial charge in [0.2, 0.25) is 6.79 Å². The minimum absolute atomic E-state index is 0.0168. The molecule has 3 N–H and O–H groups in total. The molecule has 1 aliphatic heterocycles. The molecule has 2 aromatic carbocycles. The molecule has 6 nitrogen and oxygen atoms in total. The third kappa shape index (κ3) is 3.55. The second kappa shape index (κ2) is 6.59. The topological polar surface area (TPSA) is 79.8 Å². The number of urea groups is 1. The minimum atomic E-state index is -1.27. The van der Waals surface area contributed by atoms with E-state index >= 15 is 0 Å². The third-order valence-corrected chi connectivity index (χ3v) is 4.04. The molecule has 0 radical (unpaired) electrons. The number of carbonyl (C=O) groups is 1. The maximum Gasteiger partial charge on any atom is 0.319 e. The normalized spacial score (nSPS) is 14.8. The van der Waals surface area contributed by atoms with E-state index in [9.17, 15) is 9.90 Å². The molecular weight excluding hydrogens is 332 g/mol. The van der Waals surface area contributed by atoms with Gasteiger partial charge >= 0.3 is 6.03 Å². The molecule has 0 fully saturated rings. The predicted molar refractivity (Wildman–Crippen MR) is 90.6 cm³/mol. The Morgan fingerprint density at radius 1 is 1.25 bits per heavy atom. The van der Waals surface area contributed by atoms with Gasteiger partial charge in [-0.25, -0.2) is 4.79 Å². The summed E-state index contributed by atoms with van der Waals surface area (Å²) < 4.78 is 10.6. The number of amides is 2. The quantitative estimate of drug-likeness (QED) is 0.793. The first-order valence-corrected chi connectivity index (χ1v) is 7.75. The van der Waals surface area contributed by atoms with Crippen molar-refractivity contribution in [2.24, 2.45) is 0 Å². The molecule has 1 atom stereocenters. The van der Waals surface area contributed by atoms with E-state index in [0.29, 0.717) is 27.8 Å². The monoisotopic (exact) mass is 348 g/mol. The lowest BCUT2D eigenvalue weighted by atomic mass is 9.95. The highest BCUT2D eigenvalue weighted by molar-refractivity contribution is 6.33. The molecule has 1 heterocycles. The fraction of sp³-hybridized carbons (Fsp3) is 0.235.